The molecule has 1 aliphatic carbocycles. The third-order valence-corrected chi connectivity index (χ3v) is 2.58. The van der Waals surface area contributed by atoms with Crippen LogP contribution in [0.15, 0.2) is 36.1 Å². The Kier molecular flexibility index (Phi) is 2.65. The van der Waals surface area contributed by atoms with Gasteiger partial charge in [0.2, 0.25) is 0 Å². The van der Waals surface area contributed by atoms with Crippen LogP contribution in [-0.2, 0) is 0 Å². The Bertz CT molecular complexity index is 497. The van der Waals surface area contributed by atoms with Crippen molar-refractivity contribution in [3.05, 3.63) is 47.5 Å². The minimum Gasteiger partial charge on any atom is -0.507 e. The van der Waals surface area contributed by atoms with Gasteiger partial charge in [0, 0.05) is 6.42 Å². The summed E-state index contributed by atoms with van der Waals surface area (Å²) in [6.45, 7) is 0. The number of rotatable bonds is 1. The molecule has 1 aliphatic rings. The van der Waals surface area contributed by atoms with E-state index in [1.807, 2.05) is 0 Å². The van der Waals surface area contributed by atoms with Gasteiger partial charge in [0.25, 0.3) is 0 Å². The first-order chi connectivity index (χ1) is 7.93. The SMILES string of the molecule is OC1=C(c2c(O)cccc2F)C(O)(O)CC=C1. The summed E-state index contributed by atoms with van der Waals surface area (Å²) in [5.74, 6) is -4.19. The molecule has 1 aromatic rings. The van der Waals surface area contributed by atoms with Crippen molar-refractivity contribution in [1.82, 2.24) is 0 Å². The molecule has 0 heterocycles. The zero-order valence-electron chi connectivity index (χ0n) is 8.76. The summed E-state index contributed by atoms with van der Waals surface area (Å²) in [5, 5.41) is 38.6. The molecule has 0 amide bonds. The highest BCUT2D eigenvalue weighted by molar-refractivity contribution is 5.78. The molecule has 1 aromatic carbocycles. The number of allylic oxidation sites excluding steroid dienone is 1. The van der Waals surface area contributed by atoms with Crippen molar-refractivity contribution in [3.63, 3.8) is 0 Å². The Balaban J connectivity index is 2.70. The fraction of sp³-hybridized carbons (Fsp3) is 0.167. The average molecular weight is 238 g/mol. The Labute approximate surface area is 96.6 Å². The molecule has 0 aromatic heterocycles. The molecule has 0 bridgehead atoms. The van der Waals surface area contributed by atoms with Crippen LogP contribution >= 0.6 is 0 Å². The minimum absolute atomic E-state index is 0.194. The molecule has 0 unspecified atom stereocenters. The first-order valence-electron chi connectivity index (χ1n) is 4.96. The summed E-state index contributed by atoms with van der Waals surface area (Å²) >= 11 is 0. The second-order valence-electron chi connectivity index (χ2n) is 3.82. The van der Waals surface area contributed by atoms with E-state index in [1.54, 1.807) is 0 Å². The number of hydrogen-bond donors (Lipinski definition) is 4. The van der Waals surface area contributed by atoms with Gasteiger partial charge in [-0.2, -0.15) is 0 Å². The Hall–Kier alpha value is -1.85. The van der Waals surface area contributed by atoms with Crippen LogP contribution in [0, 0.1) is 5.82 Å². The first-order valence-corrected chi connectivity index (χ1v) is 4.96. The number of hydrogen-bond acceptors (Lipinski definition) is 4. The van der Waals surface area contributed by atoms with Gasteiger partial charge in [0.15, 0.2) is 5.79 Å². The van der Waals surface area contributed by atoms with E-state index in [-0.39, 0.29) is 6.42 Å². The third kappa shape index (κ3) is 1.90. The molecule has 0 saturated heterocycles. The van der Waals surface area contributed by atoms with Crippen molar-refractivity contribution in [3.8, 4) is 5.75 Å². The highest BCUT2D eigenvalue weighted by atomic mass is 19.1. The van der Waals surface area contributed by atoms with Gasteiger partial charge in [0.1, 0.15) is 17.3 Å². The lowest BCUT2D eigenvalue weighted by Crippen LogP contribution is -2.32. The van der Waals surface area contributed by atoms with Gasteiger partial charge in [-0.1, -0.05) is 12.1 Å². The monoisotopic (exact) mass is 238 g/mol. The van der Waals surface area contributed by atoms with Crippen LogP contribution in [0.25, 0.3) is 5.57 Å². The number of aromatic hydroxyl groups is 1. The molecule has 17 heavy (non-hydrogen) atoms. The summed E-state index contributed by atoms with van der Waals surface area (Å²) in [6, 6.07) is 3.54. The third-order valence-electron chi connectivity index (χ3n) is 2.58. The molecule has 0 spiro atoms. The van der Waals surface area contributed by atoms with Gasteiger partial charge < -0.3 is 20.4 Å². The summed E-state index contributed by atoms with van der Waals surface area (Å²) in [5.41, 5.74) is -0.838. The zero-order valence-corrected chi connectivity index (χ0v) is 8.76. The Morgan fingerprint density at radius 2 is 1.88 bits per heavy atom. The number of phenolic OH excluding ortho intramolecular Hbond substituents is 1. The van der Waals surface area contributed by atoms with E-state index in [4.69, 9.17) is 0 Å². The second kappa shape index (κ2) is 3.87. The average Bonchev–Trinajstić information content (AvgIpc) is 2.21. The Morgan fingerprint density at radius 3 is 2.47 bits per heavy atom. The molecule has 90 valence electrons. The van der Waals surface area contributed by atoms with E-state index in [1.165, 1.54) is 24.3 Å². The highest BCUT2D eigenvalue weighted by Crippen LogP contribution is 2.39. The normalized spacial score (nSPS) is 18.5. The van der Waals surface area contributed by atoms with Crippen LogP contribution in [0.4, 0.5) is 4.39 Å². The lowest BCUT2D eigenvalue weighted by atomic mass is 9.89. The van der Waals surface area contributed by atoms with Crippen molar-refractivity contribution in [2.75, 3.05) is 0 Å². The van der Waals surface area contributed by atoms with Gasteiger partial charge in [0.05, 0.1) is 11.1 Å². The topological polar surface area (TPSA) is 80.9 Å². The van der Waals surface area contributed by atoms with Crippen molar-refractivity contribution in [1.29, 1.82) is 0 Å². The summed E-state index contributed by atoms with van der Waals surface area (Å²) in [6.07, 6.45) is 2.38. The molecule has 4 nitrogen and oxygen atoms in total. The van der Waals surface area contributed by atoms with Crippen LogP contribution < -0.4 is 0 Å². The molecule has 0 atom stereocenters. The number of phenols is 1. The van der Waals surface area contributed by atoms with Crippen LogP contribution in [-0.4, -0.2) is 26.2 Å². The number of halogens is 1. The summed E-state index contributed by atoms with van der Waals surface area (Å²) in [4.78, 5) is 0. The van der Waals surface area contributed by atoms with Crippen LogP contribution in [0.3, 0.4) is 0 Å². The number of benzene rings is 1. The zero-order chi connectivity index (χ0) is 12.6. The van der Waals surface area contributed by atoms with Crippen molar-refractivity contribution in [2.24, 2.45) is 0 Å². The smallest absolute Gasteiger partial charge is 0.197 e. The molecule has 0 radical (unpaired) electrons. The van der Waals surface area contributed by atoms with Crippen molar-refractivity contribution >= 4 is 5.57 Å². The van der Waals surface area contributed by atoms with Gasteiger partial charge in [-0.05, 0) is 18.2 Å². The van der Waals surface area contributed by atoms with E-state index in [2.05, 4.69) is 0 Å². The van der Waals surface area contributed by atoms with Gasteiger partial charge in [-0.15, -0.1) is 0 Å². The molecule has 2 rings (SSSR count). The quantitative estimate of drug-likeness (QED) is 0.558. The van der Waals surface area contributed by atoms with E-state index < -0.39 is 34.2 Å². The van der Waals surface area contributed by atoms with Crippen molar-refractivity contribution in [2.45, 2.75) is 12.2 Å². The molecule has 0 aliphatic heterocycles. The Morgan fingerprint density at radius 1 is 1.18 bits per heavy atom. The highest BCUT2D eigenvalue weighted by Gasteiger charge is 2.36. The summed E-state index contributed by atoms with van der Waals surface area (Å²) in [7, 11) is 0. The van der Waals surface area contributed by atoms with E-state index in [9.17, 15) is 24.8 Å². The molecule has 4 N–H and O–H groups in total. The first kappa shape index (κ1) is 11.6. The molecule has 5 heteroatoms. The van der Waals surface area contributed by atoms with Crippen LogP contribution in [0.1, 0.15) is 12.0 Å². The maximum absolute atomic E-state index is 13.6. The van der Waals surface area contributed by atoms with Crippen LogP contribution in [0.5, 0.6) is 5.75 Å². The van der Waals surface area contributed by atoms with Crippen molar-refractivity contribution < 1.29 is 24.8 Å². The van der Waals surface area contributed by atoms with E-state index in [0.717, 1.165) is 6.07 Å². The van der Waals surface area contributed by atoms with Gasteiger partial charge in [-0.3, -0.25) is 0 Å². The molecule has 0 fully saturated rings. The lowest BCUT2D eigenvalue weighted by molar-refractivity contribution is -0.107. The maximum atomic E-state index is 13.6. The van der Waals surface area contributed by atoms with Gasteiger partial charge in [-0.25, -0.2) is 4.39 Å². The number of aliphatic hydroxyl groups excluding tert-OH is 1. The molecular formula is C12H11FO4. The maximum Gasteiger partial charge on any atom is 0.197 e. The standard InChI is InChI=1S/C12H11FO4/c13-7-3-1-4-8(14)10(7)11-9(15)5-2-6-12(11,16)17/h1-5,14-17H,6H2. The molecule has 0 saturated carbocycles. The predicted molar refractivity (Wildman–Crippen MR) is 58.5 cm³/mol. The number of aliphatic hydroxyl groups is 3. The fourth-order valence-corrected chi connectivity index (χ4v) is 1.81. The lowest BCUT2D eigenvalue weighted by Gasteiger charge is -2.27. The largest absolute Gasteiger partial charge is 0.507 e. The van der Waals surface area contributed by atoms with E-state index >= 15 is 0 Å². The summed E-state index contributed by atoms with van der Waals surface area (Å²) < 4.78 is 13.6. The second-order valence-corrected chi connectivity index (χ2v) is 3.82. The van der Waals surface area contributed by atoms with E-state index in [0.29, 0.717) is 0 Å². The van der Waals surface area contributed by atoms with Gasteiger partial charge >= 0.3 is 0 Å². The predicted octanol–water partition coefficient (Wildman–Crippen LogP) is 1.44. The molecular weight excluding hydrogens is 227 g/mol. The minimum atomic E-state index is -2.40. The van der Waals surface area contributed by atoms with Crippen LogP contribution in [0.2, 0.25) is 0 Å². The fourth-order valence-electron chi connectivity index (χ4n) is 1.81.